The fourth-order valence-corrected chi connectivity index (χ4v) is 13.8. The summed E-state index contributed by atoms with van der Waals surface area (Å²) < 4.78 is 9.96. The number of fused-ring (bicyclic) bond motifs is 2. The molecule has 4 unspecified atom stereocenters. The molecule has 2 saturated carbocycles. The van der Waals surface area contributed by atoms with E-state index in [9.17, 15) is 19.2 Å². The number of ether oxygens (including phenoxy) is 2. The highest BCUT2D eigenvalue weighted by molar-refractivity contribution is 7.98. The summed E-state index contributed by atoms with van der Waals surface area (Å²) in [5, 5.41) is 5.75. The van der Waals surface area contributed by atoms with Gasteiger partial charge in [0.1, 0.15) is 23.7 Å². The number of alkyl carbamates (subject to hydrolysis) is 2. The van der Waals surface area contributed by atoms with Gasteiger partial charge in [0, 0.05) is 12.1 Å². The summed E-state index contributed by atoms with van der Waals surface area (Å²) in [4.78, 5) is 76.4. The van der Waals surface area contributed by atoms with E-state index in [1.807, 2.05) is 24.9 Å². The van der Waals surface area contributed by atoms with E-state index in [1.165, 1.54) is 36.5 Å². The zero-order valence-electron chi connectivity index (χ0n) is 40.4. The number of rotatable bonds is 14. The molecule has 4 N–H and O–H groups in total. The third kappa shape index (κ3) is 10.4. The summed E-state index contributed by atoms with van der Waals surface area (Å²) in [5.74, 6) is 4.52. The number of carbonyl (C=O) groups excluding carboxylic acids is 4. The maximum Gasteiger partial charge on any atom is 0.407 e. The molecule has 10 atom stereocenters. The molecule has 2 aromatic rings. The molecule has 10 aliphatic rings. The Morgan fingerprint density at radius 2 is 1.31 bits per heavy atom. The maximum absolute atomic E-state index is 14.7. The molecule has 4 heterocycles. The van der Waals surface area contributed by atoms with E-state index in [4.69, 9.17) is 19.4 Å². The van der Waals surface area contributed by atoms with Gasteiger partial charge in [0.05, 0.1) is 50.1 Å². The number of likely N-dealkylation sites (tertiary alicyclic amines) is 2. The zero-order chi connectivity index (χ0) is 47.3. The Morgan fingerprint density at radius 1 is 0.750 bits per heavy atom. The first-order chi connectivity index (χ1) is 33.2. The van der Waals surface area contributed by atoms with Crippen molar-refractivity contribution in [2.75, 3.05) is 38.2 Å². The van der Waals surface area contributed by atoms with Gasteiger partial charge < -0.3 is 39.9 Å². The average molecular weight is 969 g/mol. The van der Waals surface area contributed by atoms with Crippen LogP contribution in [0.5, 0.6) is 0 Å². The maximum atomic E-state index is 14.7. The Kier molecular flexibility index (Phi) is 15.8. The lowest BCUT2D eigenvalue weighted by atomic mass is 9.75. The molecule has 12 rings (SSSR count). The molecule has 2 aliphatic heterocycles. The van der Waals surface area contributed by atoms with Crippen molar-refractivity contribution in [3.05, 3.63) is 70.9 Å². The monoisotopic (exact) mass is 969 g/mol. The van der Waals surface area contributed by atoms with Crippen molar-refractivity contribution in [3.63, 3.8) is 0 Å². The molecule has 4 fully saturated rings. The van der Waals surface area contributed by atoms with Crippen LogP contribution in [-0.4, -0.2) is 116 Å². The molecule has 0 aromatic carbocycles. The quantitative estimate of drug-likeness (QED) is 0.143. The van der Waals surface area contributed by atoms with Gasteiger partial charge in [0.15, 0.2) is 0 Å². The standard InChI is InChI=1S/C52H72N8O6S2/c1-65-51(63)57-39(21-23-67-3)49(61)59-43-11-7-5-9-35(43)27-45(59)47-53-29-41(55-47)37-25-34-20-18-32-15-13-31(14-16-32)17-19-33(37)26-38(34)42-30-54-48(56-42)46-28-36-10-6-8-12-44(36)60(46)50(62)40(22-24-68-4)58-52(64)66-2/h13-15,26,29-30,32,34-36,39-40,43-46H,5-12,16-25,27-28H2,1-4H3,(H,53,55)(H,54,56)(H,57,63)(H,58,64)/t32-,34+,35?,36?,39+,40+,43?,44?,45+,46+/m1/s1. The van der Waals surface area contributed by atoms with Crippen molar-refractivity contribution in [1.29, 1.82) is 0 Å². The van der Waals surface area contributed by atoms with Gasteiger partial charge in [0.2, 0.25) is 11.8 Å². The number of aromatic nitrogens is 4. The van der Waals surface area contributed by atoms with E-state index in [1.54, 1.807) is 23.5 Å². The van der Waals surface area contributed by atoms with Crippen LogP contribution in [0, 0.1) is 23.7 Å². The number of allylic oxidation sites excluding steroid dienone is 8. The molecule has 8 aliphatic carbocycles. The van der Waals surface area contributed by atoms with Gasteiger partial charge >= 0.3 is 12.2 Å². The Labute approximate surface area is 410 Å². The fourth-order valence-electron chi connectivity index (χ4n) is 12.8. The van der Waals surface area contributed by atoms with Crippen molar-refractivity contribution >= 4 is 58.7 Å². The molecule has 68 heavy (non-hydrogen) atoms. The summed E-state index contributed by atoms with van der Waals surface area (Å²) in [6, 6.07) is -1.53. The van der Waals surface area contributed by atoms with Gasteiger partial charge in [-0.25, -0.2) is 19.6 Å². The summed E-state index contributed by atoms with van der Waals surface area (Å²) in [5.41, 5.74) is 7.23. The van der Waals surface area contributed by atoms with Gasteiger partial charge in [-0.1, -0.05) is 55.6 Å². The Morgan fingerprint density at radius 3 is 1.85 bits per heavy atom. The highest BCUT2D eigenvalue weighted by Gasteiger charge is 2.49. The second-order valence-electron chi connectivity index (χ2n) is 20.2. The van der Waals surface area contributed by atoms with E-state index in [0.717, 1.165) is 137 Å². The number of amides is 4. The van der Waals surface area contributed by atoms with Crippen molar-refractivity contribution < 1.29 is 28.7 Å². The number of hydrogen-bond donors (Lipinski definition) is 4. The van der Waals surface area contributed by atoms with Crippen LogP contribution in [0.25, 0.3) is 11.1 Å². The number of aromatic amines is 2. The first-order valence-electron chi connectivity index (χ1n) is 25.4. The Balaban J connectivity index is 1.05. The average Bonchev–Trinajstić information content (AvgIpc) is 4.19. The van der Waals surface area contributed by atoms with Crippen LogP contribution < -0.4 is 10.6 Å². The van der Waals surface area contributed by atoms with Crippen LogP contribution in [0.3, 0.4) is 0 Å². The van der Waals surface area contributed by atoms with E-state index >= 15 is 0 Å². The number of nitrogens with zero attached hydrogens (tertiary/aromatic N) is 4. The van der Waals surface area contributed by atoms with Crippen LogP contribution in [0.15, 0.2) is 47.8 Å². The minimum Gasteiger partial charge on any atom is -0.453 e. The SMILES string of the molecule is COC(=O)N[C@@H](CCSC)C(=O)N1C2CCCCC2C[C@H]1c1ncc(C2=CC3=C(c4cnc([C@@H]5CC6CCCCC6N5C(=O)[C@H](CCSC)NC(=O)OC)[nH]4)C[C@@H]2CC[C@@H]2C=CC(=CC2)CC3)[nH]1. The second-order valence-corrected chi connectivity index (χ2v) is 22.2. The first kappa shape index (κ1) is 48.6. The number of imidazole rings is 2. The summed E-state index contributed by atoms with van der Waals surface area (Å²) in [6.07, 6.45) is 33.6. The normalized spacial score (nSPS) is 28.7. The lowest BCUT2D eigenvalue weighted by Crippen LogP contribution is -2.52. The van der Waals surface area contributed by atoms with Gasteiger partial charge in [-0.05, 0) is 154 Å². The zero-order valence-corrected chi connectivity index (χ0v) is 42.1. The minimum absolute atomic E-state index is 0.0469. The van der Waals surface area contributed by atoms with Crippen molar-refractivity contribution in [3.8, 4) is 0 Å². The number of H-pyrrole nitrogens is 2. The molecular weight excluding hydrogens is 897 g/mol. The third-order valence-corrected chi connectivity index (χ3v) is 17.6. The predicted molar refractivity (Wildman–Crippen MR) is 269 cm³/mol. The third-order valence-electron chi connectivity index (χ3n) is 16.4. The molecule has 16 heteroatoms. The molecule has 4 bridgehead atoms. The number of carbonyl (C=O) groups is 4. The molecule has 368 valence electrons. The Bertz CT molecular complexity index is 2290. The van der Waals surface area contributed by atoms with Crippen molar-refractivity contribution in [2.45, 2.75) is 152 Å². The predicted octanol–water partition coefficient (Wildman–Crippen LogP) is 9.69. The lowest BCUT2D eigenvalue weighted by Gasteiger charge is -2.36. The van der Waals surface area contributed by atoms with Gasteiger partial charge in [-0.15, -0.1) is 0 Å². The molecule has 2 saturated heterocycles. The largest absolute Gasteiger partial charge is 0.453 e. The summed E-state index contributed by atoms with van der Waals surface area (Å²) in [6.45, 7) is 0. The highest BCUT2D eigenvalue weighted by atomic mass is 32.2. The van der Waals surface area contributed by atoms with Gasteiger partial charge in [0.25, 0.3) is 0 Å². The highest BCUT2D eigenvalue weighted by Crippen LogP contribution is 2.50. The van der Waals surface area contributed by atoms with Gasteiger partial charge in [-0.2, -0.15) is 23.5 Å². The first-order valence-corrected chi connectivity index (χ1v) is 28.2. The van der Waals surface area contributed by atoms with E-state index in [0.29, 0.717) is 30.6 Å². The fraction of sp³-hybridized carbons (Fsp3) is 0.654. The molecule has 14 nitrogen and oxygen atoms in total. The van der Waals surface area contributed by atoms with Crippen LogP contribution in [-0.2, 0) is 19.1 Å². The lowest BCUT2D eigenvalue weighted by molar-refractivity contribution is -0.138. The van der Waals surface area contributed by atoms with Crippen molar-refractivity contribution in [1.82, 2.24) is 40.4 Å². The minimum atomic E-state index is -0.670. The molecule has 0 spiro atoms. The van der Waals surface area contributed by atoms with E-state index in [2.05, 4.69) is 54.7 Å². The topological polar surface area (TPSA) is 175 Å². The molecule has 4 amide bonds. The van der Waals surface area contributed by atoms with E-state index < -0.39 is 24.3 Å². The number of hydrogen-bond acceptors (Lipinski definition) is 10. The van der Waals surface area contributed by atoms with E-state index in [-0.39, 0.29) is 41.9 Å². The number of methoxy groups -OCH3 is 2. The summed E-state index contributed by atoms with van der Waals surface area (Å²) >= 11 is 3.33. The smallest absolute Gasteiger partial charge is 0.407 e. The van der Waals surface area contributed by atoms with Gasteiger partial charge in [-0.3, -0.25) is 9.59 Å². The number of thioether (sulfide) groups is 2. The van der Waals surface area contributed by atoms with Crippen LogP contribution in [0.4, 0.5) is 9.59 Å². The second kappa shape index (κ2) is 22.1. The number of nitrogens with one attached hydrogen (secondary N) is 4. The van der Waals surface area contributed by atoms with Crippen LogP contribution in [0.1, 0.15) is 151 Å². The molecule has 0 radical (unpaired) electrons. The Hall–Kier alpha value is -4.44. The van der Waals surface area contributed by atoms with Crippen LogP contribution in [0.2, 0.25) is 0 Å². The molecule has 2 aromatic heterocycles. The van der Waals surface area contributed by atoms with Crippen LogP contribution >= 0.6 is 23.5 Å². The molecular formula is C52H72N8O6S2. The summed E-state index contributed by atoms with van der Waals surface area (Å²) in [7, 11) is 2.69. The van der Waals surface area contributed by atoms with Crippen molar-refractivity contribution in [2.24, 2.45) is 23.7 Å².